The summed E-state index contributed by atoms with van der Waals surface area (Å²) < 4.78 is 14.7. The van der Waals surface area contributed by atoms with Crippen LogP contribution >= 0.6 is 31.9 Å². The van der Waals surface area contributed by atoms with Gasteiger partial charge in [0.05, 0.1) is 19.9 Å². The Morgan fingerprint density at radius 2 is 1.79 bits per heavy atom. The first-order valence-corrected chi connectivity index (χ1v) is 8.93. The third-order valence-electron chi connectivity index (χ3n) is 3.64. The van der Waals surface area contributed by atoms with Crippen molar-refractivity contribution >= 4 is 37.5 Å². The summed E-state index contributed by atoms with van der Waals surface area (Å²) in [5, 5.41) is 3.41. The Kier molecular flexibility index (Phi) is 5.43. The van der Waals surface area contributed by atoms with Crippen LogP contribution in [0.15, 0.2) is 45.6 Å². The van der Waals surface area contributed by atoms with Gasteiger partial charge in [-0.25, -0.2) is 4.98 Å². The summed E-state index contributed by atoms with van der Waals surface area (Å²) in [6, 6.07) is 7.85. The summed E-state index contributed by atoms with van der Waals surface area (Å²) >= 11 is 7.04. The van der Waals surface area contributed by atoms with Gasteiger partial charge in [0.1, 0.15) is 5.65 Å². The number of aromatic nitrogens is 2. The number of hydrogen-bond donors (Lipinski definition) is 1. The number of pyridine rings is 1. The number of imidazole rings is 1. The SMILES string of the molecule is COc1cc(Br)c(CNCc2cn3cc(Br)ccc3n2)cc1OC. The van der Waals surface area contributed by atoms with Crippen LogP contribution in [0.3, 0.4) is 0 Å². The van der Waals surface area contributed by atoms with Crippen molar-refractivity contribution in [3.63, 3.8) is 0 Å². The van der Waals surface area contributed by atoms with Crippen molar-refractivity contribution in [2.75, 3.05) is 14.2 Å². The van der Waals surface area contributed by atoms with Gasteiger partial charge in [0.15, 0.2) is 11.5 Å². The zero-order valence-corrected chi connectivity index (χ0v) is 16.5. The Morgan fingerprint density at radius 1 is 1.04 bits per heavy atom. The van der Waals surface area contributed by atoms with E-state index in [0.29, 0.717) is 18.8 Å². The minimum Gasteiger partial charge on any atom is -0.493 e. The third kappa shape index (κ3) is 3.74. The highest BCUT2D eigenvalue weighted by atomic mass is 79.9. The first-order valence-electron chi connectivity index (χ1n) is 7.35. The lowest BCUT2D eigenvalue weighted by molar-refractivity contribution is 0.354. The molecule has 0 aliphatic heterocycles. The largest absolute Gasteiger partial charge is 0.493 e. The van der Waals surface area contributed by atoms with Crippen LogP contribution < -0.4 is 14.8 Å². The topological polar surface area (TPSA) is 47.8 Å². The van der Waals surface area contributed by atoms with E-state index >= 15 is 0 Å². The predicted octanol–water partition coefficient (Wildman–Crippen LogP) is 4.17. The van der Waals surface area contributed by atoms with Crippen LogP contribution in [0, 0.1) is 0 Å². The van der Waals surface area contributed by atoms with Crippen molar-refractivity contribution in [3.05, 3.63) is 56.9 Å². The fourth-order valence-corrected chi connectivity index (χ4v) is 3.27. The van der Waals surface area contributed by atoms with E-state index in [0.717, 1.165) is 31.6 Å². The highest BCUT2D eigenvalue weighted by Crippen LogP contribution is 2.33. The smallest absolute Gasteiger partial charge is 0.161 e. The Hall–Kier alpha value is -1.57. The summed E-state index contributed by atoms with van der Waals surface area (Å²) in [5.74, 6) is 1.43. The lowest BCUT2D eigenvalue weighted by Crippen LogP contribution is -2.13. The predicted molar refractivity (Wildman–Crippen MR) is 101 cm³/mol. The van der Waals surface area contributed by atoms with E-state index in [2.05, 4.69) is 42.2 Å². The highest BCUT2D eigenvalue weighted by molar-refractivity contribution is 9.10. The maximum absolute atomic E-state index is 5.35. The van der Waals surface area contributed by atoms with Gasteiger partial charge in [-0.15, -0.1) is 0 Å². The molecule has 0 radical (unpaired) electrons. The molecule has 5 nitrogen and oxygen atoms in total. The van der Waals surface area contributed by atoms with E-state index in [4.69, 9.17) is 9.47 Å². The van der Waals surface area contributed by atoms with Gasteiger partial charge < -0.3 is 19.2 Å². The van der Waals surface area contributed by atoms with Crippen molar-refractivity contribution in [2.45, 2.75) is 13.1 Å². The third-order valence-corrected chi connectivity index (χ3v) is 4.85. The number of benzene rings is 1. The fraction of sp³-hybridized carbons (Fsp3) is 0.235. The Bertz CT molecular complexity index is 864. The molecule has 0 fully saturated rings. The molecule has 2 aromatic heterocycles. The van der Waals surface area contributed by atoms with Crippen LogP contribution in [-0.2, 0) is 13.1 Å². The molecule has 0 amide bonds. The van der Waals surface area contributed by atoms with Crippen LogP contribution in [0.2, 0.25) is 0 Å². The van der Waals surface area contributed by atoms with Crippen LogP contribution in [0.25, 0.3) is 5.65 Å². The molecule has 24 heavy (non-hydrogen) atoms. The number of halogens is 2. The monoisotopic (exact) mass is 453 g/mol. The van der Waals surface area contributed by atoms with Crippen molar-refractivity contribution in [1.29, 1.82) is 0 Å². The molecule has 1 aromatic carbocycles. The lowest BCUT2D eigenvalue weighted by Gasteiger charge is -2.12. The van der Waals surface area contributed by atoms with E-state index in [-0.39, 0.29) is 0 Å². The Balaban J connectivity index is 1.69. The average molecular weight is 455 g/mol. The zero-order valence-electron chi connectivity index (χ0n) is 13.3. The number of ether oxygens (including phenoxy) is 2. The van der Waals surface area contributed by atoms with Gasteiger partial charge in [-0.2, -0.15) is 0 Å². The summed E-state index contributed by atoms with van der Waals surface area (Å²) in [5.41, 5.74) is 3.02. The number of nitrogens with one attached hydrogen (secondary N) is 1. The molecule has 1 N–H and O–H groups in total. The van der Waals surface area contributed by atoms with E-state index in [1.807, 2.05) is 41.1 Å². The van der Waals surface area contributed by atoms with Gasteiger partial charge in [0.2, 0.25) is 0 Å². The summed E-state index contributed by atoms with van der Waals surface area (Å²) in [4.78, 5) is 4.59. The van der Waals surface area contributed by atoms with Gasteiger partial charge in [0.25, 0.3) is 0 Å². The molecule has 7 heteroatoms. The first-order chi connectivity index (χ1) is 11.6. The van der Waals surface area contributed by atoms with Crippen LogP contribution in [0.1, 0.15) is 11.3 Å². The minimum absolute atomic E-state index is 0.681. The minimum atomic E-state index is 0.681. The molecule has 3 rings (SSSR count). The quantitative estimate of drug-likeness (QED) is 0.607. The van der Waals surface area contributed by atoms with Gasteiger partial charge in [-0.05, 0) is 45.8 Å². The second-order valence-electron chi connectivity index (χ2n) is 5.25. The molecule has 0 bridgehead atoms. The van der Waals surface area contributed by atoms with Crippen molar-refractivity contribution in [1.82, 2.24) is 14.7 Å². The van der Waals surface area contributed by atoms with Crippen molar-refractivity contribution < 1.29 is 9.47 Å². The van der Waals surface area contributed by atoms with Crippen LogP contribution in [0.5, 0.6) is 11.5 Å². The number of fused-ring (bicyclic) bond motifs is 1. The normalized spacial score (nSPS) is 11.0. The van der Waals surface area contributed by atoms with E-state index in [9.17, 15) is 0 Å². The maximum Gasteiger partial charge on any atom is 0.161 e. The zero-order chi connectivity index (χ0) is 17.1. The number of rotatable bonds is 6. The summed E-state index contributed by atoms with van der Waals surface area (Å²) in [6.07, 6.45) is 4.02. The first kappa shape index (κ1) is 17.3. The van der Waals surface area contributed by atoms with Crippen molar-refractivity contribution in [2.24, 2.45) is 0 Å². The number of nitrogens with zero attached hydrogens (tertiary/aromatic N) is 2. The molecule has 2 heterocycles. The highest BCUT2D eigenvalue weighted by Gasteiger charge is 2.09. The molecule has 0 saturated carbocycles. The number of methoxy groups -OCH3 is 2. The van der Waals surface area contributed by atoms with Gasteiger partial charge in [0, 0.05) is 34.4 Å². The molecule has 0 saturated heterocycles. The molecular weight excluding hydrogens is 438 g/mol. The molecule has 126 valence electrons. The molecule has 3 aromatic rings. The number of hydrogen-bond acceptors (Lipinski definition) is 4. The van der Waals surface area contributed by atoms with Crippen molar-refractivity contribution in [3.8, 4) is 11.5 Å². The van der Waals surface area contributed by atoms with Crippen LogP contribution in [-0.4, -0.2) is 23.6 Å². The fourth-order valence-electron chi connectivity index (χ4n) is 2.46. The molecule has 0 atom stereocenters. The van der Waals surface area contributed by atoms with Gasteiger partial charge in [-0.3, -0.25) is 0 Å². The van der Waals surface area contributed by atoms with E-state index < -0.39 is 0 Å². The lowest BCUT2D eigenvalue weighted by atomic mass is 10.2. The summed E-state index contributed by atoms with van der Waals surface area (Å²) in [7, 11) is 3.27. The average Bonchev–Trinajstić information content (AvgIpc) is 2.97. The second kappa shape index (κ2) is 7.55. The second-order valence-corrected chi connectivity index (χ2v) is 7.02. The molecule has 0 aliphatic carbocycles. The Morgan fingerprint density at radius 3 is 2.54 bits per heavy atom. The molecule has 0 spiro atoms. The van der Waals surface area contributed by atoms with Crippen LogP contribution in [0.4, 0.5) is 0 Å². The van der Waals surface area contributed by atoms with Gasteiger partial charge in [-0.1, -0.05) is 15.9 Å². The van der Waals surface area contributed by atoms with E-state index in [1.165, 1.54) is 0 Å². The van der Waals surface area contributed by atoms with E-state index in [1.54, 1.807) is 14.2 Å². The standard InChI is InChI=1S/C17H17Br2N3O2/c1-23-15-5-11(14(19)6-16(15)24-2)7-20-8-13-10-22-9-12(18)3-4-17(22)21-13/h3-6,9-10,20H,7-8H2,1-2H3. The molecule has 0 unspecified atom stereocenters. The summed E-state index contributed by atoms with van der Waals surface area (Å²) in [6.45, 7) is 1.37. The molecule has 0 aliphatic rings. The maximum atomic E-state index is 5.35. The Labute approximate surface area is 157 Å². The molecular formula is C17H17Br2N3O2. The van der Waals surface area contributed by atoms with Gasteiger partial charge >= 0.3 is 0 Å².